The van der Waals surface area contributed by atoms with E-state index >= 15 is 0 Å². The van der Waals surface area contributed by atoms with Crippen LogP contribution in [0.3, 0.4) is 0 Å². The minimum Gasteiger partial charge on any atom is -0.458 e. The Balaban J connectivity index is 1.92. The summed E-state index contributed by atoms with van der Waals surface area (Å²) in [6, 6.07) is 0.305. The Kier molecular flexibility index (Phi) is 3.94. The van der Waals surface area contributed by atoms with E-state index in [1.165, 1.54) is 12.4 Å². The molecule has 0 radical (unpaired) electrons. The molecule has 1 atom stereocenters. The number of nitrogens with zero attached hydrogens (tertiary/aromatic N) is 3. The van der Waals surface area contributed by atoms with Gasteiger partial charge in [0.2, 0.25) is 5.91 Å². The molecule has 1 aliphatic heterocycles. The average Bonchev–Trinajstić information content (AvgIpc) is 2.78. The number of likely N-dealkylation sites (tertiary alicyclic amines) is 1. The molecule has 19 heavy (non-hydrogen) atoms. The molecule has 5 nitrogen and oxygen atoms in total. The standard InChI is InChI=1S/C13H18ClN3O2/c1-13(2,3)11(18)17-5-4-10(8-17)19-12-15-6-9(14)7-16-12/h6-7,10H,4-5,8H2,1-3H3/t10-/m0/s1. The van der Waals surface area contributed by atoms with Gasteiger partial charge in [-0.05, 0) is 0 Å². The Bertz CT molecular complexity index is 456. The number of halogens is 1. The van der Waals surface area contributed by atoms with Crippen LogP contribution in [0.15, 0.2) is 12.4 Å². The average molecular weight is 284 g/mol. The van der Waals surface area contributed by atoms with Crippen LogP contribution in [0.25, 0.3) is 0 Å². The van der Waals surface area contributed by atoms with Gasteiger partial charge in [0.25, 0.3) is 0 Å². The maximum Gasteiger partial charge on any atom is 0.316 e. The highest BCUT2D eigenvalue weighted by Gasteiger charge is 2.33. The van der Waals surface area contributed by atoms with Gasteiger partial charge in [0, 0.05) is 18.4 Å². The number of ether oxygens (including phenoxy) is 1. The van der Waals surface area contributed by atoms with Crippen molar-refractivity contribution in [2.45, 2.75) is 33.3 Å². The number of amides is 1. The molecular weight excluding hydrogens is 266 g/mol. The zero-order chi connectivity index (χ0) is 14.0. The first kappa shape index (κ1) is 14.1. The van der Waals surface area contributed by atoms with Gasteiger partial charge in [-0.2, -0.15) is 0 Å². The summed E-state index contributed by atoms with van der Waals surface area (Å²) in [5.41, 5.74) is -0.355. The maximum absolute atomic E-state index is 12.1. The van der Waals surface area contributed by atoms with Crippen molar-refractivity contribution in [3.63, 3.8) is 0 Å². The van der Waals surface area contributed by atoms with Crippen LogP contribution in [0.4, 0.5) is 0 Å². The Morgan fingerprint density at radius 2 is 2.05 bits per heavy atom. The minimum atomic E-state index is -0.355. The molecule has 1 saturated heterocycles. The summed E-state index contributed by atoms with van der Waals surface area (Å²) < 4.78 is 5.65. The molecule has 0 saturated carbocycles. The highest BCUT2D eigenvalue weighted by molar-refractivity contribution is 6.30. The number of carbonyl (C=O) groups excluding carboxylic acids is 1. The third-order valence-electron chi connectivity index (χ3n) is 2.94. The van der Waals surface area contributed by atoms with Gasteiger partial charge in [0.05, 0.1) is 24.0 Å². The minimum absolute atomic E-state index is 0.0486. The lowest BCUT2D eigenvalue weighted by Crippen LogP contribution is -2.38. The lowest BCUT2D eigenvalue weighted by molar-refractivity contribution is -0.138. The summed E-state index contributed by atoms with van der Waals surface area (Å²) in [7, 11) is 0. The molecule has 0 N–H and O–H groups in total. The SMILES string of the molecule is CC(C)(C)C(=O)N1CC[C@H](Oc2ncc(Cl)cn2)C1. The fraction of sp³-hybridized carbons (Fsp3) is 0.615. The summed E-state index contributed by atoms with van der Waals surface area (Å²) in [5.74, 6) is 0.149. The van der Waals surface area contributed by atoms with E-state index in [0.717, 1.165) is 6.42 Å². The smallest absolute Gasteiger partial charge is 0.316 e. The van der Waals surface area contributed by atoms with Crippen LogP contribution < -0.4 is 4.74 Å². The molecule has 1 amide bonds. The van der Waals surface area contributed by atoms with Gasteiger partial charge >= 0.3 is 6.01 Å². The molecule has 1 fully saturated rings. The van der Waals surface area contributed by atoms with E-state index in [2.05, 4.69) is 9.97 Å². The van der Waals surface area contributed by atoms with Gasteiger partial charge in [-0.1, -0.05) is 32.4 Å². The zero-order valence-electron chi connectivity index (χ0n) is 11.4. The molecule has 1 aromatic heterocycles. The van der Waals surface area contributed by atoms with E-state index in [1.54, 1.807) is 0 Å². The summed E-state index contributed by atoms with van der Waals surface area (Å²) in [6.07, 6.45) is 3.74. The molecule has 0 spiro atoms. The third kappa shape index (κ3) is 3.56. The van der Waals surface area contributed by atoms with Crippen LogP contribution in [0.1, 0.15) is 27.2 Å². The second-order valence-corrected chi connectivity index (χ2v) is 6.15. The molecule has 104 valence electrons. The van der Waals surface area contributed by atoms with E-state index in [4.69, 9.17) is 16.3 Å². The van der Waals surface area contributed by atoms with Crippen molar-refractivity contribution in [3.8, 4) is 6.01 Å². The van der Waals surface area contributed by atoms with Crippen molar-refractivity contribution in [1.29, 1.82) is 0 Å². The van der Waals surface area contributed by atoms with E-state index in [9.17, 15) is 4.79 Å². The largest absolute Gasteiger partial charge is 0.458 e. The van der Waals surface area contributed by atoms with Gasteiger partial charge in [-0.15, -0.1) is 0 Å². The molecule has 0 aromatic carbocycles. The summed E-state index contributed by atoms with van der Waals surface area (Å²) >= 11 is 5.71. The van der Waals surface area contributed by atoms with Crippen LogP contribution in [0.2, 0.25) is 5.02 Å². The van der Waals surface area contributed by atoms with Crippen molar-refractivity contribution in [3.05, 3.63) is 17.4 Å². The number of hydrogen-bond acceptors (Lipinski definition) is 4. The molecule has 0 unspecified atom stereocenters. The number of carbonyl (C=O) groups is 1. The van der Waals surface area contributed by atoms with Crippen molar-refractivity contribution in [1.82, 2.24) is 14.9 Å². The van der Waals surface area contributed by atoms with Crippen LogP contribution in [0, 0.1) is 5.41 Å². The summed E-state index contributed by atoms with van der Waals surface area (Å²) in [4.78, 5) is 21.9. The molecular formula is C13H18ClN3O2. The predicted molar refractivity (Wildman–Crippen MR) is 72.1 cm³/mol. The highest BCUT2D eigenvalue weighted by atomic mass is 35.5. The normalized spacial score (nSPS) is 19.6. The molecule has 0 aliphatic carbocycles. The van der Waals surface area contributed by atoms with E-state index in [0.29, 0.717) is 24.1 Å². The molecule has 2 rings (SSSR count). The first-order chi connectivity index (χ1) is 8.86. The summed E-state index contributed by atoms with van der Waals surface area (Å²) in [5, 5.41) is 0.475. The van der Waals surface area contributed by atoms with Gasteiger partial charge in [-0.3, -0.25) is 4.79 Å². The van der Waals surface area contributed by atoms with Gasteiger partial charge in [0.15, 0.2) is 0 Å². The van der Waals surface area contributed by atoms with Crippen LogP contribution in [0.5, 0.6) is 6.01 Å². The first-order valence-corrected chi connectivity index (χ1v) is 6.67. The number of aromatic nitrogens is 2. The van der Waals surface area contributed by atoms with Gasteiger partial charge in [-0.25, -0.2) is 9.97 Å². The van der Waals surface area contributed by atoms with Gasteiger partial charge in [0.1, 0.15) is 6.10 Å². The second kappa shape index (κ2) is 5.33. The van der Waals surface area contributed by atoms with Crippen LogP contribution in [-0.4, -0.2) is 40.0 Å². The zero-order valence-corrected chi connectivity index (χ0v) is 12.1. The Labute approximate surface area is 117 Å². The maximum atomic E-state index is 12.1. The fourth-order valence-corrected chi connectivity index (χ4v) is 2.09. The van der Waals surface area contributed by atoms with Crippen molar-refractivity contribution in [2.24, 2.45) is 5.41 Å². The predicted octanol–water partition coefficient (Wildman–Crippen LogP) is 2.16. The van der Waals surface area contributed by atoms with Gasteiger partial charge < -0.3 is 9.64 Å². The van der Waals surface area contributed by atoms with Crippen LogP contribution >= 0.6 is 11.6 Å². The molecule has 6 heteroatoms. The molecule has 1 aliphatic rings. The molecule has 2 heterocycles. The van der Waals surface area contributed by atoms with E-state index < -0.39 is 0 Å². The Hall–Kier alpha value is -1.36. The molecule has 0 bridgehead atoms. The lowest BCUT2D eigenvalue weighted by Gasteiger charge is -2.25. The monoisotopic (exact) mass is 283 g/mol. The van der Waals surface area contributed by atoms with Crippen molar-refractivity contribution >= 4 is 17.5 Å². The highest BCUT2D eigenvalue weighted by Crippen LogP contribution is 2.22. The lowest BCUT2D eigenvalue weighted by atomic mass is 9.95. The topological polar surface area (TPSA) is 55.3 Å². The quantitative estimate of drug-likeness (QED) is 0.835. The van der Waals surface area contributed by atoms with Crippen molar-refractivity contribution in [2.75, 3.05) is 13.1 Å². The first-order valence-electron chi connectivity index (χ1n) is 6.30. The third-order valence-corrected chi connectivity index (χ3v) is 3.14. The Morgan fingerprint density at radius 3 is 2.63 bits per heavy atom. The number of hydrogen-bond donors (Lipinski definition) is 0. The second-order valence-electron chi connectivity index (χ2n) is 5.71. The Morgan fingerprint density at radius 1 is 1.42 bits per heavy atom. The van der Waals surface area contributed by atoms with E-state index in [1.807, 2.05) is 25.7 Å². The summed E-state index contributed by atoms with van der Waals surface area (Å²) in [6.45, 7) is 7.07. The number of rotatable bonds is 2. The fourth-order valence-electron chi connectivity index (χ4n) is 1.99. The molecule has 1 aromatic rings. The van der Waals surface area contributed by atoms with Crippen molar-refractivity contribution < 1.29 is 9.53 Å². The van der Waals surface area contributed by atoms with Crippen LogP contribution in [-0.2, 0) is 4.79 Å². The van der Waals surface area contributed by atoms with E-state index in [-0.39, 0.29) is 17.4 Å².